The summed E-state index contributed by atoms with van der Waals surface area (Å²) < 4.78 is 0. The SMILES string of the molecule is CC.CN.OO.SC1CC1.c1cc2c3c(cnc2[nH]1)CCCN3C1CCCC1. The largest absolute Gasteiger partial charge is 0.368 e. The van der Waals surface area contributed by atoms with Crippen LogP contribution in [0.2, 0.25) is 0 Å². The van der Waals surface area contributed by atoms with Crippen LogP contribution in [0.3, 0.4) is 0 Å². The molecule has 2 fully saturated rings. The van der Waals surface area contributed by atoms with Gasteiger partial charge in [0, 0.05) is 35.6 Å². The molecule has 2 saturated carbocycles. The minimum Gasteiger partial charge on any atom is -0.368 e. The molecule has 0 aromatic carbocycles. The van der Waals surface area contributed by atoms with E-state index >= 15 is 0 Å². The summed E-state index contributed by atoms with van der Waals surface area (Å²) in [5.41, 5.74) is 8.46. The number of fused-ring (bicyclic) bond motifs is 3. The molecular weight excluding hydrogens is 372 g/mol. The Kier molecular flexibility index (Phi) is 12.2. The van der Waals surface area contributed by atoms with Crippen molar-refractivity contribution >= 4 is 29.3 Å². The van der Waals surface area contributed by atoms with Crippen molar-refractivity contribution < 1.29 is 10.5 Å². The number of anilines is 1. The van der Waals surface area contributed by atoms with Gasteiger partial charge in [-0.2, -0.15) is 12.6 Å². The first kappa shape index (κ1) is 24.8. The number of aryl methyl sites for hydroxylation is 1. The molecule has 1 aliphatic heterocycles. The molecule has 0 spiro atoms. The van der Waals surface area contributed by atoms with E-state index in [-0.39, 0.29) is 0 Å². The molecule has 7 heteroatoms. The fraction of sp³-hybridized carbons (Fsp3) is 0.667. The summed E-state index contributed by atoms with van der Waals surface area (Å²) in [6.45, 7) is 5.22. The third-order valence-corrected chi connectivity index (χ3v) is 5.60. The fourth-order valence-corrected chi connectivity index (χ4v) is 3.91. The van der Waals surface area contributed by atoms with Crippen LogP contribution >= 0.6 is 12.6 Å². The zero-order valence-electron chi connectivity index (χ0n) is 17.6. The van der Waals surface area contributed by atoms with Crippen LogP contribution in [0.15, 0.2) is 18.5 Å². The second kappa shape index (κ2) is 13.8. The molecule has 0 bridgehead atoms. The Morgan fingerprint density at radius 1 is 1.11 bits per heavy atom. The molecule has 2 aliphatic carbocycles. The Hall–Kier alpha value is -1.28. The average Bonchev–Trinajstić information content (AvgIpc) is 3.23. The van der Waals surface area contributed by atoms with E-state index in [0.29, 0.717) is 0 Å². The van der Waals surface area contributed by atoms with Gasteiger partial charge in [-0.05, 0) is 57.2 Å². The van der Waals surface area contributed by atoms with Crippen molar-refractivity contribution in [2.75, 3.05) is 18.5 Å². The standard InChI is InChI=1S/C15H19N3.C3H6S.C2H6.CH5N.H2O2/c1-2-6-12(5-1)18-9-3-4-11-10-17-15-13(14(11)18)7-8-16-15;4-3-1-2-3;3*1-2/h7-8,10,12H,1-6,9H2,(H,16,17);3-4H,1-2H2;1-2H3;2H2,1H3;1-2H. The minimum atomic E-state index is 0.768. The number of nitrogens with zero attached hydrogens (tertiary/aromatic N) is 2. The first-order chi connectivity index (χ1) is 13.8. The van der Waals surface area contributed by atoms with Gasteiger partial charge in [-0.25, -0.2) is 4.98 Å². The van der Waals surface area contributed by atoms with Gasteiger partial charge in [-0.1, -0.05) is 26.7 Å². The highest BCUT2D eigenvalue weighted by molar-refractivity contribution is 7.81. The molecule has 0 saturated heterocycles. The average molecular weight is 411 g/mol. The lowest BCUT2D eigenvalue weighted by Gasteiger charge is -2.36. The van der Waals surface area contributed by atoms with E-state index in [1.807, 2.05) is 20.0 Å². The van der Waals surface area contributed by atoms with Gasteiger partial charge in [0.2, 0.25) is 0 Å². The van der Waals surface area contributed by atoms with Crippen LogP contribution < -0.4 is 10.6 Å². The number of H-pyrrole nitrogens is 1. The number of hydrogen-bond acceptors (Lipinski definition) is 6. The molecule has 3 heterocycles. The lowest BCUT2D eigenvalue weighted by molar-refractivity contribution is -0.176. The van der Waals surface area contributed by atoms with Gasteiger partial charge in [0.1, 0.15) is 5.65 Å². The summed E-state index contributed by atoms with van der Waals surface area (Å²) in [6.07, 6.45) is 14.8. The van der Waals surface area contributed by atoms with E-state index in [9.17, 15) is 0 Å². The second-order valence-corrected chi connectivity index (χ2v) is 7.57. The minimum absolute atomic E-state index is 0.768. The predicted octanol–water partition coefficient (Wildman–Crippen LogP) is 4.96. The van der Waals surface area contributed by atoms with Gasteiger partial charge in [0.15, 0.2) is 0 Å². The van der Waals surface area contributed by atoms with E-state index in [2.05, 4.69) is 45.5 Å². The van der Waals surface area contributed by atoms with Crippen molar-refractivity contribution in [1.82, 2.24) is 9.97 Å². The molecule has 28 heavy (non-hydrogen) atoms. The van der Waals surface area contributed by atoms with Crippen molar-refractivity contribution in [3.05, 3.63) is 24.0 Å². The first-order valence-corrected chi connectivity index (χ1v) is 11.0. The fourth-order valence-electron chi connectivity index (χ4n) is 3.76. The second-order valence-electron chi connectivity index (χ2n) is 6.84. The molecule has 160 valence electrons. The Morgan fingerprint density at radius 3 is 2.29 bits per heavy atom. The van der Waals surface area contributed by atoms with Crippen molar-refractivity contribution in [2.45, 2.75) is 76.5 Å². The molecule has 6 nitrogen and oxygen atoms in total. The monoisotopic (exact) mass is 410 g/mol. The third kappa shape index (κ3) is 6.65. The smallest absolute Gasteiger partial charge is 0.139 e. The highest BCUT2D eigenvalue weighted by Crippen LogP contribution is 2.38. The van der Waals surface area contributed by atoms with Crippen molar-refractivity contribution in [3.63, 3.8) is 0 Å². The number of rotatable bonds is 1. The summed E-state index contributed by atoms with van der Waals surface area (Å²) in [5, 5.41) is 14.1. The molecule has 3 aliphatic rings. The molecule has 0 amide bonds. The zero-order chi connectivity index (χ0) is 20.9. The Balaban J connectivity index is 0.000000333. The first-order valence-electron chi connectivity index (χ1n) is 10.5. The molecule has 5 rings (SSSR count). The predicted molar refractivity (Wildman–Crippen MR) is 123 cm³/mol. The molecule has 0 unspecified atom stereocenters. The van der Waals surface area contributed by atoms with Crippen molar-refractivity contribution in [1.29, 1.82) is 0 Å². The van der Waals surface area contributed by atoms with Crippen LogP contribution in [-0.4, -0.2) is 45.4 Å². The molecule has 0 radical (unpaired) electrons. The number of hydrogen-bond donors (Lipinski definition) is 5. The molecule has 2 aromatic rings. The van der Waals surface area contributed by atoms with E-state index in [4.69, 9.17) is 10.5 Å². The normalized spacial score (nSPS) is 17.6. The number of thiol groups is 1. The number of aromatic nitrogens is 2. The maximum absolute atomic E-state index is 6.00. The summed E-state index contributed by atoms with van der Waals surface area (Å²) in [6, 6.07) is 2.96. The van der Waals surface area contributed by atoms with Crippen LogP contribution in [0.25, 0.3) is 11.0 Å². The van der Waals surface area contributed by atoms with Crippen LogP contribution in [0.1, 0.15) is 64.4 Å². The summed E-state index contributed by atoms with van der Waals surface area (Å²) in [5.74, 6) is 0. The van der Waals surface area contributed by atoms with Gasteiger partial charge in [-0.15, -0.1) is 0 Å². The highest BCUT2D eigenvalue weighted by atomic mass is 32.1. The lowest BCUT2D eigenvalue weighted by Crippen LogP contribution is -2.37. The third-order valence-electron chi connectivity index (χ3n) is 5.08. The van der Waals surface area contributed by atoms with Crippen LogP contribution in [0.5, 0.6) is 0 Å². The van der Waals surface area contributed by atoms with E-state index in [0.717, 1.165) is 16.9 Å². The summed E-state index contributed by atoms with van der Waals surface area (Å²) >= 11 is 4.08. The Morgan fingerprint density at radius 2 is 1.71 bits per heavy atom. The molecule has 0 atom stereocenters. The lowest BCUT2D eigenvalue weighted by atomic mass is 9.99. The molecule has 5 N–H and O–H groups in total. The van der Waals surface area contributed by atoms with Gasteiger partial charge < -0.3 is 15.6 Å². The number of pyridine rings is 1. The Bertz CT molecular complexity index is 655. The molecule has 2 aromatic heterocycles. The van der Waals surface area contributed by atoms with Gasteiger partial charge in [0.05, 0.1) is 5.69 Å². The van der Waals surface area contributed by atoms with Gasteiger partial charge in [-0.3, -0.25) is 10.5 Å². The topological polar surface area (TPSA) is 98.4 Å². The van der Waals surface area contributed by atoms with E-state index in [1.54, 1.807) is 0 Å². The van der Waals surface area contributed by atoms with E-state index in [1.165, 1.54) is 81.6 Å². The zero-order valence-corrected chi connectivity index (χ0v) is 18.5. The van der Waals surface area contributed by atoms with Crippen molar-refractivity contribution in [3.8, 4) is 0 Å². The number of nitrogens with two attached hydrogens (primary N) is 1. The maximum atomic E-state index is 6.00. The van der Waals surface area contributed by atoms with Crippen LogP contribution in [0.4, 0.5) is 5.69 Å². The van der Waals surface area contributed by atoms with Crippen molar-refractivity contribution in [2.24, 2.45) is 5.73 Å². The summed E-state index contributed by atoms with van der Waals surface area (Å²) in [4.78, 5) is 10.4. The number of aromatic amines is 1. The van der Waals surface area contributed by atoms with Gasteiger partial charge >= 0.3 is 0 Å². The van der Waals surface area contributed by atoms with Crippen LogP contribution in [-0.2, 0) is 6.42 Å². The number of nitrogens with one attached hydrogen (secondary N) is 1. The Labute approximate surface area is 174 Å². The molecular formula is C21H38N4O2S. The highest BCUT2D eigenvalue weighted by Gasteiger charge is 2.28. The maximum Gasteiger partial charge on any atom is 0.139 e. The van der Waals surface area contributed by atoms with Gasteiger partial charge in [0.25, 0.3) is 0 Å². The quantitative estimate of drug-likeness (QED) is 0.260. The summed E-state index contributed by atoms with van der Waals surface area (Å²) in [7, 11) is 1.50. The van der Waals surface area contributed by atoms with Crippen LogP contribution in [0, 0.1) is 0 Å². The van der Waals surface area contributed by atoms with E-state index < -0.39 is 0 Å².